The smallest absolute Gasteiger partial charge is 0.410 e. The lowest BCUT2D eigenvalue weighted by molar-refractivity contribution is 0.0807. The zero-order valence-corrected chi connectivity index (χ0v) is 16.5. The molecule has 0 spiro atoms. The Kier molecular flexibility index (Phi) is 5.81. The van der Waals surface area contributed by atoms with Crippen LogP contribution in [0.5, 0.6) is 0 Å². The van der Waals surface area contributed by atoms with Gasteiger partial charge < -0.3 is 14.2 Å². The van der Waals surface area contributed by atoms with Crippen LogP contribution >= 0.6 is 11.6 Å². The van der Waals surface area contributed by atoms with Gasteiger partial charge in [-0.05, 0) is 36.5 Å². The van der Waals surface area contributed by atoms with E-state index in [9.17, 15) is 4.79 Å². The van der Waals surface area contributed by atoms with E-state index in [0.717, 1.165) is 54.9 Å². The number of rotatable bonds is 5. The fourth-order valence-corrected chi connectivity index (χ4v) is 4.00. The molecule has 1 fully saturated rings. The van der Waals surface area contributed by atoms with Crippen LogP contribution in [0.3, 0.4) is 0 Å². The maximum Gasteiger partial charge on any atom is 0.410 e. The van der Waals surface area contributed by atoms with Gasteiger partial charge in [0.15, 0.2) is 0 Å². The highest BCUT2D eigenvalue weighted by Crippen LogP contribution is 2.24. The van der Waals surface area contributed by atoms with Gasteiger partial charge in [-0.15, -0.1) is 11.6 Å². The summed E-state index contributed by atoms with van der Waals surface area (Å²) in [5.74, 6) is 1.81. The summed E-state index contributed by atoms with van der Waals surface area (Å²) < 4.78 is 7.69. The molecule has 2 aromatic carbocycles. The van der Waals surface area contributed by atoms with Crippen LogP contribution in [0.25, 0.3) is 11.0 Å². The van der Waals surface area contributed by atoms with Gasteiger partial charge in [0, 0.05) is 19.6 Å². The third-order valence-corrected chi connectivity index (χ3v) is 5.61. The average Bonchev–Trinajstić information content (AvgIpc) is 3.11. The Balaban J connectivity index is 1.33. The van der Waals surface area contributed by atoms with Gasteiger partial charge in [0.2, 0.25) is 0 Å². The normalized spacial score (nSPS) is 15.1. The minimum Gasteiger partial charge on any atom is -0.445 e. The molecule has 1 amide bonds. The number of para-hydroxylation sites is 2. The van der Waals surface area contributed by atoms with Crippen LogP contribution in [-0.2, 0) is 23.8 Å². The zero-order chi connectivity index (χ0) is 19.3. The molecule has 1 aromatic heterocycles. The highest BCUT2D eigenvalue weighted by atomic mass is 35.5. The van der Waals surface area contributed by atoms with E-state index in [0.29, 0.717) is 18.4 Å². The maximum absolute atomic E-state index is 12.3. The maximum atomic E-state index is 12.3. The van der Waals surface area contributed by atoms with Gasteiger partial charge in [0.05, 0.1) is 16.9 Å². The lowest BCUT2D eigenvalue weighted by atomic mass is 9.97. The number of carbonyl (C=O) groups excluding carboxylic acids is 1. The van der Waals surface area contributed by atoms with E-state index >= 15 is 0 Å². The first-order valence-electron chi connectivity index (χ1n) is 9.70. The van der Waals surface area contributed by atoms with Gasteiger partial charge in [0.1, 0.15) is 12.4 Å². The zero-order valence-electron chi connectivity index (χ0n) is 15.8. The number of aromatic nitrogens is 2. The number of alkyl halides is 1. The number of hydrogen-bond donors (Lipinski definition) is 0. The number of benzene rings is 2. The van der Waals surface area contributed by atoms with Gasteiger partial charge in [-0.2, -0.15) is 0 Å². The molecular weight excluding hydrogens is 374 g/mol. The number of halogens is 1. The molecule has 0 radical (unpaired) electrons. The van der Waals surface area contributed by atoms with Crippen LogP contribution in [-0.4, -0.2) is 33.6 Å². The minimum absolute atomic E-state index is 0.225. The molecule has 1 aliphatic heterocycles. The first kappa shape index (κ1) is 18.8. The van der Waals surface area contributed by atoms with Crippen LogP contribution in [0.1, 0.15) is 24.2 Å². The predicted octanol–water partition coefficient (Wildman–Crippen LogP) is 4.82. The van der Waals surface area contributed by atoms with Crippen molar-refractivity contribution >= 4 is 28.7 Å². The summed E-state index contributed by atoms with van der Waals surface area (Å²) in [4.78, 5) is 18.8. The van der Waals surface area contributed by atoms with Gasteiger partial charge in [-0.1, -0.05) is 42.5 Å². The highest BCUT2D eigenvalue weighted by molar-refractivity contribution is 6.16. The summed E-state index contributed by atoms with van der Waals surface area (Å²) in [6.07, 6.45) is 1.68. The summed E-state index contributed by atoms with van der Waals surface area (Å²) >= 11 is 6.12. The molecule has 0 N–H and O–H groups in total. The molecule has 28 heavy (non-hydrogen) atoms. The first-order chi connectivity index (χ1) is 13.7. The van der Waals surface area contributed by atoms with Gasteiger partial charge in [-0.3, -0.25) is 0 Å². The molecule has 0 unspecified atom stereocenters. The van der Waals surface area contributed by atoms with Gasteiger partial charge in [0.25, 0.3) is 0 Å². The molecule has 1 aliphatic rings. The summed E-state index contributed by atoms with van der Waals surface area (Å²) in [6, 6.07) is 17.9. The monoisotopic (exact) mass is 397 g/mol. The molecule has 5 nitrogen and oxygen atoms in total. The third-order valence-electron chi connectivity index (χ3n) is 5.37. The second-order valence-electron chi connectivity index (χ2n) is 7.23. The Hall–Kier alpha value is -2.53. The Morgan fingerprint density at radius 2 is 1.79 bits per heavy atom. The van der Waals surface area contributed by atoms with Crippen molar-refractivity contribution < 1.29 is 9.53 Å². The Bertz CT molecular complexity index is 933. The van der Waals surface area contributed by atoms with Crippen LogP contribution < -0.4 is 0 Å². The fourth-order valence-electron chi connectivity index (χ4n) is 3.80. The third kappa shape index (κ3) is 4.14. The SMILES string of the molecule is O=C(OCc1ccccc1)N1CCC(Cn2c(CCl)nc3ccccc32)CC1. The number of piperidine rings is 1. The van der Waals surface area contributed by atoms with E-state index in [-0.39, 0.29) is 6.09 Å². The Labute approximate surface area is 169 Å². The van der Waals surface area contributed by atoms with Crippen LogP contribution in [0.2, 0.25) is 0 Å². The molecule has 2 heterocycles. The summed E-state index contributed by atoms with van der Waals surface area (Å²) in [5.41, 5.74) is 3.12. The number of fused-ring (bicyclic) bond motifs is 1. The van der Waals surface area contributed by atoms with Crippen molar-refractivity contribution in [2.45, 2.75) is 31.9 Å². The molecule has 0 aliphatic carbocycles. The number of nitrogens with zero attached hydrogens (tertiary/aromatic N) is 3. The number of likely N-dealkylation sites (tertiary alicyclic amines) is 1. The lowest BCUT2D eigenvalue weighted by Crippen LogP contribution is -2.39. The number of carbonyl (C=O) groups is 1. The molecule has 146 valence electrons. The topological polar surface area (TPSA) is 47.4 Å². The molecule has 3 aromatic rings. The van der Waals surface area contributed by atoms with E-state index < -0.39 is 0 Å². The lowest BCUT2D eigenvalue weighted by Gasteiger charge is -2.31. The second kappa shape index (κ2) is 8.65. The molecule has 4 rings (SSSR count). The van der Waals surface area contributed by atoms with Crippen LogP contribution in [0.15, 0.2) is 54.6 Å². The van der Waals surface area contributed by atoms with E-state index in [1.54, 1.807) is 0 Å². The average molecular weight is 398 g/mol. The van der Waals surface area contributed by atoms with E-state index in [1.165, 1.54) is 0 Å². The van der Waals surface area contributed by atoms with Crippen molar-refractivity contribution in [3.63, 3.8) is 0 Å². The first-order valence-corrected chi connectivity index (χ1v) is 10.2. The van der Waals surface area contributed by atoms with Gasteiger partial charge >= 0.3 is 6.09 Å². The quantitative estimate of drug-likeness (QED) is 0.579. The number of ether oxygens (including phenoxy) is 1. The van der Waals surface area contributed by atoms with Crippen molar-refractivity contribution in [1.82, 2.24) is 14.5 Å². The second-order valence-corrected chi connectivity index (χ2v) is 7.50. The van der Waals surface area contributed by atoms with E-state index in [4.69, 9.17) is 16.3 Å². The summed E-state index contributed by atoms with van der Waals surface area (Å²) in [6.45, 7) is 2.65. The Morgan fingerprint density at radius 3 is 2.54 bits per heavy atom. The fraction of sp³-hybridized carbons (Fsp3) is 0.364. The largest absolute Gasteiger partial charge is 0.445 e. The van der Waals surface area contributed by atoms with Crippen molar-refractivity contribution in [2.24, 2.45) is 5.92 Å². The molecule has 0 saturated carbocycles. The van der Waals surface area contributed by atoms with Crippen molar-refractivity contribution in [3.05, 3.63) is 66.0 Å². The number of hydrogen-bond acceptors (Lipinski definition) is 3. The highest BCUT2D eigenvalue weighted by Gasteiger charge is 2.25. The standard InChI is InChI=1S/C22H24ClN3O2/c23-14-21-24-19-8-4-5-9-20(19)26(21)15-17-10-12-25(13-11-17)22(27)28-16-18-6-2-1-3-7-18/h1-9,17H,10-16H2. The van der Waals surface area contributed by atoms with Crippen molar-refractivity contribution in [3.8, 4) is 0 Å². The number of imidazole rings is 1. The summed E-state index contributed by atoms with van der Waals surface area (Å²) in [7, 11) is 0. The number of amides is 1. The molecule has 0 atom stereocenters. The Morgan fingerprint density at radius 1 is 1.07 bits per heavy atom. The van der Waals surface area contributed by atoms with E-state index in [2.05, 4.69) is 15.6 Å². The molecule has 0 bridgehead atoms. The van der Waals surface area contributed by atoms with Crippen molar-refractivity contribution in [1.29, 1.82) is 0 Å². The predicted molar refractivity (Wildman–Crippen MR) is 110 cm³/mol. The minimum atomic E-state index is -0.225. The van der Waals surface area contributed by atoms with Crippen LogP contribution in [0, 0.1) is 5.92 Å². The molecular formula is C22H24ClN3O2. The van der Waals surface area contributed by atoms with Gasteiger partial charge in [-0.25, -0.2) is 9.78 Å². The van der Waals surface area contributed by atoms with Crippen molar-refractivity contribution in [2.75, 3.05) is 13.1 Å². The summed E-state index contributed by atoms with van der Waals surface area (Å²) in [5, 5.41) is 0. The van der Waals surface area contributed by atoms with Crippen LogP contribution in [0.4, 0.5) is 4.79 Å². The molecule has 6 heteroatoms. The molecule has 1 saturated heterocycles. The van der Waals surface area contributed by atoms with E-state index in [1.807, 2.05) is 53.4 Å².